The fraction of sp³-hybridized carbons (Fsp3) is 0.417. The second-order valence-corrected chi connectivity index (χ2v) is 5.39. The van der Waals surface area contributed by atoms with Crippen LogP contribution < -0.4 is 5.32 Å². The Hall–Kier alpha value is -1.73. The highest BCUT2D eigenvalue weighted by atomic mass is 32.1. The minimum absolute atomic E-state index is 0.381. The summed E-state index contributed by atoms with van der Waals surface area (Å²) < 4.78 is 1.97. The van der Waals surface area contributed by atoms with Crippen LogP contribution in [0, 0.1) is 6.92 Å². The number of carbonyl (C=O) groups is 1. The van der Waals surface area contributed by atoms with Gasteiger partial charge in [0.2, 0.25) is 0 Å². The normalized spacial score (nSPS) is 10.8. The van der Waals surface area contributed by atoms with Crippen LogP contribution >= 0.6 is 11.3 Å². The fourth-order valence-corrected chi connectivity index (χ4v) is 2.67. The highest BCUT2D eigenvalue weighted by Crippen LogP contribution is 2.21. The predicted molar refractivity (Wildman–Crippen MR) is 72.3 cm³/mol. The average Bonchev–Trinajstić information content (AvgIpc) is 2.96. The first kappa shape index (κ1) is 13.7. The van der Waals surface area contributed by atoms with Crippen LogP contribution in [0.25, 0.3) is 0 Å². The van der Waals surface area contributed by atoms with Crippen LogP contribution in [0.3, 0.4) is 0 Å². The van der Waals surface area contributed by atoms with E-state index in [-0.39, 0.29) is 0 Å². The van der Waals surface area contributed by atoms with E-state index in [2.05, 4.69) is 15.5 Å². The van der Waals surface area contributed by atoms with Gasteiger partial charge in [-0.05, 0) is 25.5 Å². The van der Waals surface area contributed by atoms with Gasteiger partial charge >= 0.3 is 5.97 Å². The molecule has 19 heavy (non-hydrogen) atoms. The molecule has 0 spiro atoms. The molecule has 2 aromatic heterocycles. The molecule has 0 aromatic carbocycles. The van der Waals surface area contributed by atoms with Crippen molar-refractivity contribution in [2.45, 2.75) is 33.5 Å². The molecule has 0 fully saturated rings. The molecule has 0 atom stereocenters. The van der Waals surface area contributed by atoms with Gasteiger partial charge in [0.1, 0.15) is 17.0 Å². The third kappa shape index (κ3) is 3.18. The molecular formula is C12H16N4O2S. The highest BCUT2D eigenvalue weighted by molar-refractivity contribution is 7.14. The molecular weight excluding hydrogens is 264 g/mol. The Bertz CT molecular complexity index is 576. The molecule has 7 heteroatoms. The molecule has 0 radical (unpaired) electrons. The summed E-state index contributed by atoms with van der Waals surface area (Å²) in [6.07, 6.45) is 1.70. The maximum atomic E-state index is 10.9. The van der Waals surface area contributed by atoms with Gasteiger partial charge in [-0.15, -0.1) is 21.5 Å². The number of carboxylic acids is 1. The number of hydrogen-bond donors (Lipinski definition) is 2. The largest absolute Gasteiger partial charge is 0.477 e. The van der Waals surface area contributed by atoms with Gasteiger partial charge < -0.3 is 15.0 Å². The lowest BCUT2D eigenvalue weighted by atomic mass is 10.2. The first-order valence-electron chi connectivity index (χ1n) is 6.01. The Labute approximate surface area is 115 Å². The van der Waals surface area contributed by atoms with Gasteiger partial charge in [-0.25, -0.2) is 4.79 Å². The monoisotopic (exact) mass is 280 g/mol. The molecule has 0 aliphatic carbocycles. The third-order valence-electron chi connectivity index (χ3n) is 2.87. The second-order valence-electron chi connectivity index (χ2n) is 4.13. The number of nitrogens with zero attached hydrogens (tertiary/aromatic N) is 3. The van der Waals surface area contributed by atoms with E-state index >= 15 is 0 Å². The summed E-state index contributed by atoms with van der Waals surface area (Å²) in [4.78, 5) is 12.3. The number of hydrogen-bond acceptors (Lipinski definition) is 5. The van der Waals surface area contributed by atoms with E-state index in [1.807, 2.05) is 18.4 Å². The molecule has 0 amide bonds. The molecule has 0 aliphatic rings. The van der Waals surface area contributed by atoms with Gasteiger partial charge in [-0.1, -0.05) is 0 Å². The molecule has 0 bridgehead atoms. The topological polar surface area (TPSA) is 80.0 Å². The van der Waals surface area contributed by atoms with Crippen LogP contribution in [-0.2, 0) is 19.6 Å². The van der Waals surface area contributed by atoms with Crippen molar-refractivity contribution >= 4 is 17.3 Å². The number of thiophene rings is 1. The number of aromatic carboxylic acids is 1. The van der Waals surface area contributed by atoms with Crippen molar-refractivity contribution in [2.75, 3.05) is 0 Å². The third-order valence-corrected chi connectivity index (χ3v) is 3.95. The zero-order valence-corrected chi connectivity index (χ0v) is 11.7. The Balaban J connectivity index is 1.94. The van der Waals surface area contributed by atoms with Crippen LogP contribution in [0.15, 0.2) is 12.4 Å². The van der Waals surface area contributed by atoms with Gasteiger partial charge in [0.15, 0.2) is 0 Å². The summed E-state index contributed by atoms with van der Waals surface area (Å²) in [6.45, 7) is 6.06. The molecule has 6 nitrogen and oxygen atoms in total. The Morgan fingerprint density at radius 3 is 2.95 bits per heavy atom. The lowest BCUT2D eigenvalue weighted by molar-refractivity contribution is 0.0702. The molecule has 2 aromatic rings. The van der Waals surface area contributed by atoms with Gasteiger partial charge in [0.25, 0.3) is 0 Å². The van der Waals surface area contributed by atoms with Crippen LogP contribution in [-0.4, -0.2) is 25.8 Å². The van der Waals surface area contributed by atoms with Gasteiger partial charge in [-0.3, -0.25) is 0 Å². The van der Waals surface area contributed by atoms with Crippen LogP contribution in [0.4, 0.5) is 0 Å². The molecule has 0 saturated heterocycles. The summed E-state index contributed by atoms with van der Waals surface area (Å²) in [7, 11) is 0. The van der Waals surface area contributed by atoms with E-state index in [9.17, 15) is 4.79 Å². The maximum Gasteiger partial charge on any atom is 0.345 e. The SMILES string of the molecule is CCn1cnnc1CNCc1cc(C(=O)O)sc1C. The summed E-state index contributed by atoms with van der Waals surface area (Å²) in [5, 5.41) is 20.1. The summed E-state index contributed by atoms with van der Waals surface area (Å²) in [5.74, 6) is 0.0129. The van der Waals surface area contributed by atoms with Gasteiger partial charge in [0, 0.05) is 18.0 Å². The number of aryl methyl sites for hydroxylation is 2. The van der Waals surface area contributed by atoms with Crippen molar-refractivity contribution in [3.05, 3.63) is 33.5 Å². The zero-order valence-electron chi connectivity index (χ0n) is 10.9. The Morgan fingerprint density at radius 2 is 2.32 bits per heavy atom. The molecule has 0 saturated carbocycles. The number of aromatic nitrogens is 3. The molecule has 2 N–H and O–H groups in total. The van der Waals surface area contributed by atoms with Crippen molar-refractivity contribution in [1.82, 2.24) is 20.1 Å². The minimum Gasteiger partial charge on any atom is -0.477 e. The van der Waals surface area contributed by atoms with E-state index in [0.29, 0.717) is 18.0 Å². The van der Waals surface area contributed by atoms with E-state index in [0.717, 1.165) is 22.8 Å². The van der Waals surface area contributed by atoms with Crippen LogP contribution in [0.1, 0.15) is 32.9 Å². The lowest BCUT2D eigenvalue weighted by Crippen LogP contribution is -2.16. The quantitative estimate of drug-likeness (QED) is 0.841. The van der Waals surface area contributed by atoms with Crippen LogP contribution in [0.2, 0.25) is 0 Å². The van der Waals surface area contributed by atoms with E-state index < -0.39 is 5.97 Å². The minimum atomic E-state index is -0.870. The maximum absolute atomic E-state index is 10.9. The summed E-state index contributed by atoms with van der Waals surface area (Å²) >= 11 is 1.31. The second kappa shape index (κ2) is 5.94. The Morgan fingerprint density at radius 1 is 1.53 bits per heavy atom. The summed E-state index contributed by atoms with van der Waals surface area (Å²) in [6, 6.07) is 1.72. The van der Waals surface area contributed by atoms with E-state index in [4.69, 9.17) is 5.11 Å². The van der Waals surface area contributed by atoms with Crippen molar-refractivity contribution < 1.29 is 9.90 Å². The first-order valence-corrected chi connectivity index (χ1v) is 6.83. The molecule has 102 valence electrons. The fourth-order valence-electron chi connectivity index (χ4n) is 1.79. The van der Waals surface area contributed by atoms with Crippen LogP contribution in [0.5, 0.6) is 0 Å². The predicted octanol–water partition coefficient (Wildman–Crippen LogP) is 1.66. The molecule has 2 rings (SSSR count). The molecule has 0 unspecified atom stereocenters. The van der Waals surface area contributed by atoms with Crippen molar-refractivity contribution in [2.24, 2.45) is 0 Å². The number of carboxylic acid groups (broad SMARTS) is 1. The first-order chi connectivity index (χ1) is 9.11. The number of rotatable bonds is 6. The van der Waals surface area contributed by atoms with Crippen molar-refractivity contribution in [1.29, 1.82) is 0 Å². The zero-order chi connectivity index (χ0) is 13.8. The van der Waals surface area contributed by atoms with E-state index in [1.165, 1.54) is 11.3 Å². The smallest absolute Gasteiger partial charge is 0.345 e. The van der Waals surface area contributed by atoms with Gasteiger partial charge in [-0.2, -0.15) is 0 Å². The van der Waals surface area contributed by atoms with Gasteiger partial charge in [0.05, 0.1) is 6.54 Å². The highest BCUT2D eigenvalue weighted by Gasteiger charge is 2.11. The van der Waals surface area contributed by atoms with Crippen molar-refractivity contribution in [3.63, 3.8) is 0 Å². The lowest BCUT2D eigenvalue weighted by Gasteiger charge is -2.05. The summed E-state index contributed by atoms with van der Waals surface area (Å²) in [5.41, 5.74) is 1.02. The number of nitrogens with one attached hydrogen (secondary N) is 1. The Kier molecular flexibility index (Phi) is 4.28. The molecule has 0 aliphatic heterocycles. The molecule has 2 heterocycles. The standard InChI is InChI=1S/C12H16N4O2S/c1-3-16-7-14-15-11(16)6-13-5-9-4-10(12(17)18)19-8(9)2/h4,7,13H,3,5-6H2,1-2H3,(H,17,18). The van der Waals surface area contributed by atoms with E-state index in [1.54, 1.807) is 12.4 Å². The van der Waals surface area contributed by atoms with Crippen molar-refractivity contribution in [3.8, 4) is 0 Å². The average molecular weight is 280 g/mol.